The summed E-state index contributed by atoms with van der Waals surface area (Å²) in [5, 5.41) is 0. The first-order valence-electron chi connectivity index (χ1n) is 7.02. The molecule has 0 fully saturated rings. The molecular formula is C15H26O2. The maximum Gasteiger partial charge on any atom is 0.334 e. The Morgan fingerprint density at radius 1 is 1.35 bits per heavy atom. The van der Waals surface area contributed by atoms with Gasteiger partial charge in [-0.25, -0.2) is 4.79 Å². The summed E-state index contributed by atoms with van der Waals surface area (Å²) in [6, 6.07) is 0. The van der Waals surface area contributed by atoms with Gasteiger partial charge in [0.1, 0.15) is 5.60 Å². The van der Waals surface area contributed by atoms with Gasteiger partial charge in [-0.1, -0.05) is 47.0 Å². The van der Waals surface area contributed by atoms with Gasteiger partial charge < -0.3 is 4.74 Å². The van der Waals surface area contributed by atoms with Gasteiger partial charge in [0, 0.05) is 5.57 Å². The molecule has 0 N–H and O–H groups in total. The molecule has 0 saturated heterocycles. The van der Waals surface area contributed by atoms with Gasteiger partial charge in [0.2, 0.25) is 0 Å². The first-order chi connectivity index (χ1) is 8.06. The molecule has 0 aromatic heterocycles. The molecular weight excluding hydrogens is 212 g/mol. The molecule has 0 spiro atoms. The van der Waals surface area contributed by atoms with Crippen LogP contribution in [0.1, 0.15) is 66.2 Å². The number of hydrogen-bond acceptors (Lipinski definition) is 2. The summed E-state index contributed by atoms with van der Waals surface area (Å²) in [5.74, 6) is 0.521. The second kappa shape index (κ2) is 6.23. The average molecular weight is 238 g/mol. The van der Waals surface area contributed by atoms with Crippen LogP contribution < -0.4 is 0 Å². The first kappa shape index (κ1) is 14.3. The van der Waals surface area contributed by atoms with Crippen molar-refractivity contribution >= 4 is 5.97 Å². The quantitative estimate of drug-likeness (QED) is 0.620. The van der Waals surface area contributed by atoms with Crippen LogP contribution in [0, 0.1) is 5.92 Å². The van der Waals surface area contributed by atoms with Crippen molar-refractivity contribution in [3.63, 3.8) is 0 Å². The van der Waals surface area contributed by atoms with Crippen LogP contribution in [0.2, 0.25) is 0 Å². The third-order valence-electron chi connectivity index (χ3n) is 3.72. The Labute approximate surface area is 105 Å². The summed E-state index contributed by atoms with van der Waals surface area (Å²) >= 11 is 0. The van der Waals surface area contributed by atoms with Crippen molar-refractivity contribution in [3.05, 3.63) is 11.6 Å². The van der Waals surface area contributed by atoms with E-state index < -0.39 is 0 Å². The van der Waals surface area contributed by atoms with Crippen molar-refractivity contribution in [1.29, 1.82) is 0 Å². The van der Waals surface area contributed by atoms with E-state index in [4.69, 9.17) is 4.74 Å². The van der Waals surface area contributed by atoms with E-state index in [9.17, 15) is 4.79 Å². The lowest BCUT2D eigenvalue weighted by molar-refractivity contribution is -0.148. The van der Waals surface area contributed by atoms with Crippen molar-refractivity contribution in [2.75, 3.05) is 0 Å². The molecule has 1 rings (SSSR count). The Kier molecular flexibility index (Phi) is 5.23. The summed E-state index contributed by atoms with van der Waals surface area (Å²) in [5.41, 5.74) is 0.546. The number of esters is 1. The van der Waals surface area contributed by atoms with E-state index in [0.29, 0.717) is 5.92 Å². The molecule has 0 bridgehead atoms. The number of unbranched alkanes of at least 4 members (excludes halogenated alkanes) is 1. The highest BCUT2D eigenvalue weighted by atomic mass is 16.6. The van der Waals surface area contributed by atoms with Gasteiger partial charge >= 0.3 is 5.97 Å². The van der Waals surface area contributed by atoms with Gasteiger partial charge in [0.15, 0.2) is 0 Å². The lowest BCUT2D eigenvalue weighted by atomic mass is 9.86. The molecule has 2 nitrogen and oxygen atoms in total. The number of cyclic esters (lactones) is 1. The van der Waals surface area contributed by atoms with Crippen molar-refractivity contribution in [1.82, 2.24) is 0 Å². The zero-order valence-electron chi connectivity index (χ0n) is 11.7. The second-order valence-electron chi connectivity index (χ2n) is 5.28. The van der Waals surface area contributed by atoms with E-state index in [1.807, 2.05) is 6.92 Å². The number of rotatable bonds is 7. The highest BCUT2D eigenvalue weighted by molar-refractivity contribution is 5.91. The van der Waals surface area contributed by atoms with Crippen LogP contribution in [0.25, 0.3) is 0 Å². The molecule has 2 unspecified atom stereocenters. The molecule has 1 aliphatic heterocycles. The lowest BCUT2D eigenvalue weighted by Crippen LogP contribution is -2.29. The molecule has 2 heteroatoms. The molecule has 17 heavy (non-hydrogen) atoms. The summed E-state index contributed by atoms with van der Waals surface area (Å²) in [6.07, 6.45) is 8.45. The van der Waals surface area contributed by atoms with E-state index in [1.165, 1.54) is 19.3 Å². The number of carbonyl (C=O) groups excluding carboxylic acids is 1. The predicted molar refractivity (Wildman–Crippen MR) is 70.8 cm³/mol. The normalized spacial score (nSPS) is 25.6. The Hall–Kier alpha value is -0.790. The fourth-order valence-corrected chi connectivity index (χ4v) is 2.57. The van der Waals surface area contributed by atoms with Gasteiger partial charge in [-0.05, 0) is 31.3 Å². The van der Waals surface area contributed by atoms with E-state index in [2.05, 4.69) is 26.8 Å². The molecule has 1 aliphatic rings. The van der Waals surface area contributed by atoms with Crippen LogP contribution in [-0.4, -0.2) is 11.6 Å². The molecule has 98 valence electrons. The summed E-state index contributed by atoms with van der Waals surface area (Å²) in [6.45, 7) is 8.60. The van der Waals surface area contributed by atoms with E-state index >= 15 is 0 Å². The van der Waals surface area contributed by atoms with E-state index in [0.717, 1.165) is 24.8 Å². The fraction of sp³-hybridized carbons (Fsp3) is 0.800. The molecule has 0 saturated carbocycles. The zero-order chi connectivity index (χ0) is 12.9. The average Bonchev–Trinajstić information content (AvgIpc) is 2.63. The molecule has 0 aliphatic carbocycles. The number of ether oxygens (including phenoxy) is 1. The van der Waals surface area contributed by atoms with Crippen LogP contribution in [0.3, 0.4) is 0 Å². The Morgan fingerprint density at radius 3 is 2.53 bits per heavy atom. The van der Waals surface area contributed by atoms with E-state index in [-0.39, 0.29) is 11.6 Å². The van der Waals surface area contributed by atoms with Crippen molar-refractivity contribution in [2.24, 2.45) is 5.92 Å². The maximum atomic E-state index is 11.7. The molecule has 0 radical (unpaired) electrons. The molecule has 0 aromatic carbocycles. The smallest absolute Gasteiger partial charge is 0.334 e. The summed E-state index contributed by atoms with van der Waals surface area (Å²) in [4.78, 5) is 11.7. The SMILES string of the molecule is CCCCC(C)CC1(CC)C=C(CC)C(=O)O1. The monoisotopic (exact) mass is 238 g/mol. The van der Waals surface area contributed by atoms with E-state index in [1.54, 1.807) is 0 Å². The molecule has 0 aromatic rings. The maximum absolute atomic E-state index is 11.7. The van der Waals surface area contributed by atoms with Crippen LogP contribution in [0.5, 0.6) is 0 Å². The van der Waals surface area contributed by atoms with Crippen molar-refractivity contribution in [3.8, 4) is 0 Å². The van der Waals surface area contributed by atoms with Gasteiger partial charge in [0.05, 0.1) is 0 Å². The summed E-state index contributed by atoms with van der Waals surface area (Å²) in [7, 11) is 0. The third kappa shape index (κ3) is 3.58. The van der Waals surface area contributed by atoms with Gasteiger partial charge in [-0.2, -0.15) is 0 Å². The highest BCUT2D eigenvalue weighted by Gasteiger charge is 2.38. The first-order valence-corrected chi connectivity index (χ1v) is 7.02. The number of hydrogen-bond donors (Lipinski definition) is 0. The van der Waals surface area contributed by atoms with Crippen LogP contribution in [0.4, 0.5) is 0 Å². The Morgan fingerprint density at radius 2 is 2.06 bits per heavy atom. The molecule has 2 atom stereocenters. The zero-order valence-corrected chi connectivity index (χ0v) is 11.7. The minimum atomic E-state index is -0.310. The van der Waals surface area contributed by atoms with Gasteiger partial charge in [0.25, 0.3) is 0 Å². The van der Waals surface area contributed by atoms with Crippen LogP contribution in [0.15, 0.2) is 11.6 Å². The second-order valence-corrected chi connectivity index (χ2v) is 5.28. The predicted octanol–water partition coefficient (Wildman–Crippen LogP) is 4.24. The Bertz CT molecular complexity index is 293. The molecule has 1 heterocycles. The topological polar surface area (TPSA) is 26.3 Å². The Balaban J connectivity index is 2.65. The third-order valence-corrected chi connectivity index (χ3v) is 3.72. The minimum absolute atomic E-state index is 0.1000. The van der Waals surface area contributed by atoms with Crippen LogP contribution >= 0.6 is 0 Å². The summed E-state index contributed by atoms with van der Waals surface area (Å²) < 4.78 is 5.62. The largest absolute Gasteiger partial charge is 0.451 e. The highest BCUT2D eigenvalue weighted by Crippen LogP contribution is 2.36. The van der Waals surface area contributed by atoms with Crippen molar-refractivity contribution in [2.45, 2.75) is 71.8 Å². The minimum Gasteiger partial charge on any atom is -0.451 e. The number of carbonyl (C=O) groups is 1. The fourth-order valence-electron chi connectivity index (χ4n) is 2.57. The van der Waals surface area contributed by atoms with Crippen LogP contribution in [-0.2, 0) is 9.53 Å². The lowest BCUT2D eigenvalue weighted by Gasteiger charge is -2.28. The molecule has 0 amide bonds. The van der Waals surface area contributed by atoms with Gasteiger partial charge in [-0.15, -0.1) is 0 Å². The van der Waals surface area contributed by atoms with Gasteiger partial charge in [-0.3, -0.25) is 0 Å². The standard InChI is InChI=1S/C15H26O2/c1-5-8-9-12(4)10-15(7-3)11-13(6-2)14(16)17-15/h11-12H,5-10H2,1-4H3. The van der Waals surface area contributed by atoms with Crippen molar-refractivity contribution < 1.29 is 9.53 Å².